The number of amides is 1. The lowest BCUT2D eigenvalue weighted by Crippen LogP contribution is -2.22. The number of rotatable bonds is 8. The number of sulfonamides is 1. The van der Waals surface area contributed by atoms with Crippen LogP contribution >= 0.6 is 11.3 Å². The van der Waals surface area contributed by atoms with E-state index in [4.69, 9.17) is 14.2 Å². The standard InChI is InChI=1S/C26H21N3O7S2/c30-24(28-26-27-21(16-37-26)17-6-2-1-3-7-17)15-36-25(31)19-8-4-5-9-20(19)29-38(32,33)18-10-11-22-23(14-18)35-13-12-34-22/h1-11,14,16,29H,12-13,15H2,(H,27,28,30). The number of esters is 1. The fraction of sp³-hybridized carbons (Fsp3) is 0.115. The van der Waals surface area contributed by atoms with E-state index in [1.807, 2.05) is 30.3 Å². The van der Waals surface area contributed by atoms with Gasteiger partial charge in [-0.15, -0.1) is 11.3 Å². The van der Waals surface area contributed by atoms with E-state index in [0.29, 0.717) is 35.5 Å². The molecule has 12 heteroatoms. The van der Waals surface area contributed by atoms with E-state index in [9.17, 15) is 18.0 Å². The van der Waals surface area contributed by atoms with Crippen LogP contribution in [0, 0.1) is 0 Å². The van der Waals surface area contributed by atoms with Gasteiger partial charge in [-0.2, -0.15) is 0 Å². The van der Waals surface area contributed by atoms with E-state index < -0.39 is 28.5 Å². The fourth-order valence-electron chi connectivity index (χ4n) is 3.58. The quantitative estimate of drug-likeness (QED) is 0.312. The van der Waals surface area contributed by atoms with E-state index in [1.165, 1.54) is 41.7 Å². The van der Waals surface area contributed by atoms with Gasteiger partial charge >= 0.3 is 5.97 Å². The lowest BCUT2D eigenvalue weighted by molar-refractivity contribution is -0.119. The lowest BCUT2D eigenvalue weighted by atomic mass is 10.2. The summed E-state index contributed by atoms with van der Waals surface area (Å²) in [6, 6.07) is 19.7. The molecule has 5 rings (SSSR count). The summed E-state index contributed by atoms with van der Waals surface area (Å²) in [6.07, 6.45) is 0. The zero-order valence-electron chi connectivity index (χ0n) is 19.7. The van der Waals surface area contributed by atoms with Crippen molar-refractivity contribution in [2.45, 2.75) is 4.90 Å². The highest BCUT2D eigenvalue weighted by Gasteiger charge is 2.23. The molecule has 0 saturated heterocycles. The maximum Gasteiger partial charge on any atom is 0.340 e. The Hall–Kier alpha value is -4.42. The molecule has 0 radical (unpaired) electrons. The number of nitrogens with zero attached hydrogens (tertiary/aromatic N) is 1. The second-order valence-corrected chi connectivity index (χ2v) is 10.5. The summed E-state index contributed by atoms with van der Waals surface area (Å²) in [4.78, 5) is 29.4. The van der Waals surface area contributed by atoms with Gasteiger partial charge in [0.15, 0.2) is 23.2 Å². The third-order valence-corrected chi connectivity index (χ3v) is 7.49. The fourth-order valence-corrected chi connectivity index (χ4v) is 5.41. The number of anilines is 2. The molecule has 4 aromatic rings. The van der Waals surface area contributed by atoms with Crippen molar-refractivity contribution < 1.29 is 32.2 Å². The summed E-state index contributed by atoms with van der Waals surface area (Å²) in [5, 5.41) is 4.76. The van der Waals surface area contributed by atoms with Crippen LogP contribution in [0.15, 0.2) is 83.1 Å². The largest absolute Gasteiger partial charge is 0.486 e. The zero-order chi connectivity index (χ0) is 26.5. The lowest BCUT2D eigenvalue weighted by Gasteiger charge is -2.19. The number of fused-ring (bicyclic) bond motifs is 1. The van der Waals surface area contributed by atoms with Gasteiger partial charge in [0.25, 0.3) is 15.9 Å². The maximum atomic E-state index is 13.0. The number of ether oxygens (including phenoxy) is 3. The average Bonchev–Trinajstić information content (AvgIpc) is 3.40. The van der Waals surface area contributed by atoms with Gasteiger partial charge in [-0.25, -0.2) is 18.2 Å². The van der Waals surface area contributed by atoms with Crippen LogP contribution in [-0.2, 0) is 19.6 Å². The molecule has 1 amide bonds. The summed E-state index contributed by atoms with van der Waals surface area (Å²) < 4.78 is 44.4. The number of carbonyl (C=O) groups excluding carboxylic acids is 2. The summed E-state index contributed by atoms with van der Waals surface area (Å²) in [5.74, 6) is -0.688. The Bertz CT molecular complexity index is 1590. The number of benzene rings is 3. The van der Waals surface area contributed by atoms with Gasteiger partial charge < -0.3 is 14.2 Å². The van der Waals surface area contributed by atoms with E-state index in [1.54, 1.807) is 17.5 Å². The first-order chi connectivity index (χ1) is 18.4. The van der Waals surface area contributed by atoms with Crippen LogP contribution in [0.25, 0.3) is 11.3 Å². The van der Waals surface area contributed by atoms with Crippen molar-refractivity contribution in [3.63, 3.8) is 0 Å². The highest BCUT2D eigenvalue weighted by atomic mass is 32.2. The van der Waals surface area contributed by atoms with Crippen LogP contribution in [0.4, 0.5) is 10.8 Å². The van der Waals surface area contributed by atoms with Crippen molar-refractivity contribution in [2.24, 2.45) is 0 Å². The van der Waals surface area contributed by atoms with Crippen LogP contribution in [0.5, 0.6) is 11.5 Å². The normalized spacial score (nSPS) is 12.4. The Morgan fingerprint density at radius 3 is 2.50 bits per heavy atom. The summed E-state index contributed by atoms with van der Waals surface area (Å²) in [6.45, 7) is 0.106. The van der Waals surface area contributed by atoms with Gasteiger partial charge in [0.05, 0.1) is 21.8 Å². The van der Waals surface area contributed by atoms with Gasteiger partial charge in [-0.1, -0.05) is 42.5 Å². The first kappa shape index (κ1) is 25.2. The molecule has 0 aliphatic carbocycles. The first-order valence-corrected chi connectivity index (χ1v) is 13.7. The molecule has 2 heterocycles. The molecule has 38 heavy (non-hydrogen) atoms. The topological polar surface area (TPSA) is 133 Å². The smallest absolute Gasteiger partial charge is 0.340 e. The van der Waals surface area contributed by atoms with E-state index in [0.717, 1.165) is 5.56 Å². The van der Waals surface area contributed by atoms with Crippen molar-refractivity contribution in [2.75, 3.05) is 29.9 Å². The summed E-state index contributed by atoms with van der Waals surface area (Å²) in [5.41, 5.74) is 1.57. The maximum absolute atomic E-state index is 13.0. The second-order valence-electron chi connectivity index (χ2n) is 7.98. The predicted molar refractivity (Wildman–Crippen MR) is 141 cm³/mol. The third kappa shape index (κ3) is 5.76. The molecule has 0 unspecified atom stereocenters. The van der Waals surface area contributed by atoms with Crippen LogP contribution in [0.2, 0.25) is 0 Å². The Kier molecular flexibility index (Phi) is 7.24. The number of hydrogen-bond acceptors (Lipinski definition) is 9. The highest BCUT2D eigenvalue weighted by Crippen LogP contribution is 2.33. The molecule has 0 fully saturated rings. The summed E-state index contributed by atoms with van der Waals surface area (Å²) >= 11 is 1.24. The van der Waals surface area contributed by atoms with Crippen LogP contribution < -0.4 is 19.5 Å². The minimum absolute atomic E-state index is 0.000207. The first-order valence-electron chi connectivity index (χ1n) is 11.4. The number of aromatic nitrogens is 1. The molecule has 2 N–H and O–H groups in total. The Morgan fingerprint density at radius 1 is 0.947 bits per heavy atom. The molecular weight excluding hydrogens is 530 g/mol. The Morgan fingerprint density at radius 2 is 1.68 bits per heavy atom. The number of nitrogens with one attached hydrogen (secondary N) is 2. The van der Waals surface area contributed by atoms with Crippen molar-refractivity contribution in [1.29, 1.82) is 0 Å². The van der Waals surface area contributed by atoms with Gasteiger partial charge in [0.1, 0.15) is 13.2 Å². The zero-order valence-corrected chi connectivity index (χ0v) is 21.4. The Balaban J connectivity index is 1.22. The third-order valence-electron chi connectivity index (χ3n) is 5.37. The van der Waals surface area contributed by atoms with Crippen molar-refractivity contribution in [1.82, 2.24) is 4.98 Å². The highest BCUT2D eigenvalue weighted by molar-refractivity contribution is 7.92. The van der Waals surface area contributed by atoms with Gasteiger partial charge in [0, 0.05) is 17.0 Å². The molecule has 10 nitrogen and oxygen atoms in total. The molecule has 1 aliphatic rings. The van der Waals surface area contributed by atoms with Gasteiger partial charge in [-0.3, -0.25) is 14.8 Å². The van der Waals surface area contributed by atoms with Crippen LogP contribution in [0.1, 0.15) is 10.4 Å². The molecule has 1 aliphatic heterocycles. The van der Waals surface area contributed by atoms with Crippen LogP contribution in [-0.4, -0.2) is 45.1 Å². The van der Waals surface area contributed by atoms with Crippen molar-refractivity contribution >= 4 is 44.1 Å². The van der Waals surface area contributed by atoms with Crippen molar-refractivity contribution in [3.05, 3.63) is 83.7 Å². The molecule has 1 aromatic heterocycles. The molecule has 0 atom stereocenters. The summed E-state index contributed by atoms with van der Waals surface area (Å²) in [7, 11) is -4.07. The Labute approximate surface area is 222 Å². The number of hydrogen-bond donors (Lipinski definition) is 2. The average molecular weight is 552 g/mol. The molecule has 194 valence electrons. The minimum atomic E-state index is -4.07. The molecule has 0 saturated carbocycles. The van der Waals surface area contributed by atoms with E-state index >= 15 is 0 Å². The van der Waals surface area contributed by atoms with Gasteiger partial charge in [0.2, 0.25) is 0 Å². The molecule has 0 spiro atoms. The predicted octanol–water partition coefficient (Wildman–Crippen LogP) is 4.18. The van der Waals surface area contributed by atoms with E-state index in [-0.39, 0.29) is 16.1 Å². The minimum Gasteiger partial charge on any atom is -0.486 e. The number of para-hydroxylation sites is 1. The van der Waals surface area contributed by atoms with Crippen LogP contribution in [0.3, 0.4) is 0 Å². The second kappa shape index (κ2) is 10.9. The monoisotopic (exact) mass is 551 g/mol. The molecule has 0 bridgehead atoms. The number of carbonyl (C=O) groups is 2. The SMILES string of the molecule is O=C(COC(=O)c1ccccc1NS(=O)(=O)c1ccc2c(c1)OCCO2)Nc1nc(-c2ccccc2)cs1. The molecule has 3 aromatic carbocycles. The van der Waals surface area contributed by atoms with Gasteiger partial charge in [-0.05, 0) is 24.3 Å². The van der Waals surface area contributed by atoms with E-state index in [2.05, 4.69) is 15.0 Å². The number of thiazole rings is 1. The molecular formula is C26H21N3O7S2. The van der Waals surface area contributed by atoms with Crippen molar-refractivity contribution in [3.8, 4) is 22.8 Å².